The number of fused-ring (bicyclic) bond motifs is 3. The maximum absolute atomic E-state index is 13.1. The fourth-order valence-corrected chi connectivity index (χ4v) is 4.52. The molecular formula is C21H22N4O4S. The number of Topliss-reactive ketones (excluding diaryl/α,β-unsaturated/α-hetero) is 1. The van der Waals surface area contributed by atoms with Crippen molar-refractivity contribution in [1.29, 1.82) is 0 Å². The summed E-state index contributed by atoms with van der Waals surface area (Å²) in [6.07, 6.45) is 1.47. The minimum atomic E-state index is -0.396. The molecule has 30 heavy (non-hydrogen) atoms. The minimum absolute atomic E-state index is 0.0494. The molecule has 2 aromatic heterocycles. The second kappa shape index (κ2) is 7.73. The fraction of sp³-hybridized carbons (Fsp3) is 0.381. The first-order chi connectivity index (χ1) is 14.3. The molecule has 0 saturated heterocycles. The average molecular weight is 426 g/mol. The number of thiophene rings is 1. The molecule has 0 saturated carbocycles. The summed E-state index contributed by atoms with van der Waals surface area (Å²) in [6.45, 7) is 5.79. The lowest BCUT2D eigenvalue weighted by Gasteiger charge is -2.32. The lowest BCUT2D eigenvalue weighted by molar-refractivity contribution is -0.117. The van der Waals surface area contributed by atoms with Gasteiger partial charge in [0.15, 0.2) is 10.6 Å². The number of carbonyl (C=O) groups is 2. The Hall–Kier alpha value is -2.91. The first kappa shape index (κ1) is 20.4. The molecule has 1 N–H and O–H groups in total. The van der Waals surface area contributed by atoms with Crippen molar-refractivity contribution >= 4 is 38.9 Å². The van der Waals surface area contributed by atoms with Crippen LogP contribution < -0.4 is 10.9 Å². The standard InChI is InChI=1S/C21H22N4O4S/c1-4-21(3)9-15-16(11-29-21)30-19-18(15)20(28)25(24-23-19)10-17(27)22-14-7-5-13(6-8-14)12(2)26/h5-8H,4,9-11H2,1-3H3,(H,22,27). The van der Waals surface area contributed by atoms with Gasteiger partial charge >= 0.3 is 0 Å². The Labute approximate surface area is 176 Å². The fourth-order valence-electron chi connectivity index (χ4n) is 3.48. The molecule has 9 heteroatoms. The van der Waals surface area contributed by atoms with E-state index >= 15 is 0 Å². The molecule has 156 valence electrons. The van der Waals surface area contributed by atoms with Crippen molar-refractivity contribution in [1.82, 2.24) is 15.0 Å². The molecule has 0 fully saturated rings. The van der Waals surface area contributed by atoms with Gasteiger partial charge in [-0.2, -0.15) is 0 Å². The van der Waals surface area contributed by atoms with Crippen LogP contribution >= 0.6 is 11.3 Å². The summed E-state index contributed by atoms with van der Waals surface area (Å²) in [6, 6.07) is 6.57. The van der Waals surface area contributed by atoms with Crippen LogP contribution in [0.15, 0.2) is 29.1 Å². The van der Waals surface area contributed by atoms with Crippen LogP contribution in [-0.2, 0) is 29.1 Å². The molecule has 1 aliphatic heterocycles. The number of ether oxygens (including phenoxy) is 1. The summed E-state index contributed by atoms with van der Waals surface area (Å²) in [5.41, 5.74) is 1.42. The summed E-state index contributed by atoms with van der Waals surface area (Å²) in [4.78, 5) is 38.4. The summed E-state index contributed by atoms with van der Waals surface area (Å²) < 4.78 is 7.05. The van der Waals surface area contributed by atoms with Crippen LogP contribution in [-0.4, -0.2) is 32.3 Å². The molecule has 1 amide bonds. The molecule has 0 bridgehead atoms. The highest BCUT2D eigenvalue weighted by molar-refractivity contribution is 7.18. The monoisotopic (exact) mass is 426 g/mol. The van der Waals surface area contributed by atoms with E-state index in [1.54, 1.807) is 24.3 Å². The van der Waals surface area contributed by atoms with E-state index < -0.39 is 5.91 Å². The molecule has 3 heterocycles. The zero-order valence-electron chi connectivity index (χ0n) is 17.0. The molecular weight excluding hydrogens is 404 g/mol. The van der Waals surface area contributed by atoms with Crippen LogP contribution in [0.25, 0.3) is 10.2 Å². The van der Waals surface area contributed by atoms with Crippen molar-refractivity contribution in [3.63, 3.8) is 0 Å². The second-order valence-electron chi connectivity index (χ2n) is 7.69. The Bertz CT molecular complexity index is 1200. The lowest BCUT2D eigenvalue weighted by Crippen LogP contribution is -2.35. The third kappa shape index (κ3) is 3.78. The number of carbonyl (C=O) groups excluding carboxylic acids is 2. The number of anilines is 1. The smallest absolute Gasteiger partial charge is 0.279 e. The van der Waals surface area contributed by atoms with E-state index in [0.717, 1.165) is 21.5 Å². The normalized spacial score (nSPS) is 18.2. The van der Waals surface area contributed by atoms with E-state index in [1.807, 2.05) is 6.92 Å². The minimum Gasteiger partial charge on any atom is -0.369 e. The van der Waals surface area contributed by atoms with Gasteiger partial charge < -0.3 is 10.1 Å². The quantitative estimate of drug-likeness (QED) is 0.629. The highest BCUT2D eigenvalue weighted by Crippen LogP contribution is 2.37. The third-order valence-electron chi connectivity index (χ3n) is 5.48. The van der Waals surface area contributed by atoms with Crippen molar-refractivity contribution in [3.05, 3.63) is 50.6 Å². The highest BCUT2D eigenvalue weighted by Gasteiger charge is 2.33. The van der Waals surface area contributed by atoms with Crippen LogP contribution in [0.3, 0.4) is 0 Å². The van der Waals surface area contributed by atoms with Gasteiger partial charge in [0.25, 0.3) is 5.56 Å². The maximum atomic E-state index is 13.1. The van der Waals surface area contributed by atoms with Gasteiger partial charge in [0.05, 0.1) is 17.6 Å². The zero-order valence-corrected chi connectivity index (χ0v) is 17.8. The number of rotatable bonds is 5. The largest absolute Gasteiger partial charge is 0.369 e. The lowest BCUT2D eigenvalue weighted by atomic mass is 9.90. The van der Waals surface area contributed by atoms with E-state index in [9.17, 15) is 14.4 Å². The van der Waals surface area contributed by atoms with Crippen LogP contribution in [0.1, 0.15) is 48.0 Å². The van der Waals surface area contributed by atoms with Crippen LogP contribution in [0.5, 0.6) is 0 Å². The van der Waals surface area contributed by atoms with E-state index in [1.165, 1.54) is 18.3 Å². The number of aromatic nitrogens is 3. The molecule has 0 spiro atoms. The van der Waals surface area contributed by atoms with Gasteiger partial charge in [0.2, 0.25) is 5.91 Å². The van der Waals surface area contributed by atoms with E-state index in [0.29, 0.717) is 34.5 Å². The number of hydrogen-bond donors (Lipinski definition) is 1. The van der Waals surface area contributed by atoms with Gasteiger partial charge in [-0.15, -0.1) is 16.4 Å². The highest BCUT2D eigenvalue weighted by atomic mass is 32.1. The molecule has 0 radical (unpaired) electrons. The SMILES string of the molecule is CCC1(C)Cc2c(sc3nnn(CC(=O)Nc4ccc(C(C)=O)cc4)c(=O)c23)CO1. The Morgan fingerprint density at radius 1 is 1.30 bits per heavy atom. The maximum Gasteiger partial charge on any atom is 0.279 e. The van der Waals surface area contributed by atoms with Crippen molar-refractivity contribution in [2.24, 2.45) is 0 Å². The van der Waals surface area contributed by atoms with Gasteiger partial charge in [0.1, 0.15) is 6.54 Å². The van der Waals surface area contributed by atoms with E-state index in [-0.39, 0.29) is 23.5 Å². The number of amides is 1. The van der Waals surface area contributed by atoms with E-state index in [2.05, 4.69) is 22.6 Å². The number of benzene rings is 1. The summed E-state index contributed by atoms with van der Waals surface area (Å²) in [5, 5.41) is 11.4. The molecule has 0 aliphatic carbocycles. The number of ketones is 1. The zero-order chi connectivity index (χ0) is 21.5. The predicted octanol–water partition coefficient (Wildman–Crippen LogP) is 2.94. The molecule has 1 aliphatic rings. The van der Waals surface area contributed by atoms with Gasteiger partial charge in [-0.05, 0) is 50.1 Å². The second-order valence-corrected chi connectivity index (χ2v) is 8.77. The van der Waals surface area contributed by atoms with Crippen LogP contribution in [0.2, 0.25) is 0 Å². The van der Waals surface area contributed by atoms with Gasteiger partial charge in [0, 0.05) is 22.5 Å². The number of hydrogen-bond acceptors (Lipinski definition) is 7. The molecule has 4 rings (SSSR count). The Morgan fingerprint density at radius 2 is 2.03 bits per heavy atom. The Kier molecular flexibility index (Phi) is 5.25. The van der Waals surface area contributed by atoms with Crippen molar-refractivity contribution in [2.75, 3.05) is 5.32 Å². The topological polar surface area (TPSA) is 103 Å². The number of nitrogens with one attached hydrogen (secondary N) is 1. The predicted molar refractivity (Wildman–Crippen MR) is 114 cm³/mol. The number of nitrogens with zero attached hydrogens (tertiary/aromatic N) is 3. The molecule has 1 unspecified atom stereocenters. The molecule has 1 atom stereocenters. The molecule has 1 aromatic carbocycles. The van der Waals surface area contributed by atoms with E-state index in [4.69, 9.17) is 4.74 Å². The van der Waals surface area contributed by atoms with Crippen LogP contribution in [0, 0.1) is 0 Å². The van der Waals surface area contributed by atoms with Crippen molar-refractivity contribution < 1.29 is 14.3 Å². The average Bonchev–Trinajstić information content (AvgIpc) is 3.08. The molecule has 3 aromatic rings. The summed E-state index contributed by atoms with van der Waals surface area (Å²) in [5.74, 6) is -0.446. The summed E-state index contributed by atoms with van der Waals surface area (Å²) >= 11 is 1.42. The first-order valence-corrected chi connectivity index (χ1v) is 10.5. The summed E-state index contributed by atoms with van der Waals surface area (Å²) in [7, 11) is 0. The third-order valence-corrected chi connectivity index (χ3v) is 6.57. The van der Waals surface area contributed by atoms with Crippen molar-refractivity contribution in [3.8, 4) is 0 Å². The van der Waals surface area contributed by atoms with Gasteiger partial charge in [-0.1, -0.05) is 12.1 Å². The Balaban J connectivity index is 1.58. The first-order valence-electron chi connectivity index (χ1n) is 9.72. The van der Waals surface area contributed by atoms with Gasteiger partial charge in [-0.25, -0.2) is 4.68 Å². The Morgan fingerprint density at radius 3 is 2.70 bits per heavy atom. The van der Waals surface area contributed by atoms with Gasteiger partial charge in [-0.3, -0.25) is 14.4 Å². The molecule has 8 nitrogen and oxygen atoms in total. The van der Waals surface area contributed by atoms with Crippen LogP contribution in [0.4, 0.5) is 5.69 Å². The van der Waals surface area contributed by atoms with Crippen molar-refractivity contribution in [2.45, 2.75) is 52.4 Å².